The summed E-state index contributed by atoms with van der Waals surface area (Å²) in [5, 5.41) is 9.03. The predicted molar refractivity (Wildman–Crippen MR) is 44.4 cm³/mol. The Kier molecular flexibility index (Phi) is 3.77. The molecule has 0 atom stereocenters. The molecule has 0 saturated heterocycles. The highest BCUT2D eigenvalue weighted by Crippen LogP contribution is 2.07. The van der Waals surface area contributed by atoms with Crippen molar-refractivity contribution >= 4 is 5.71 Å². The summed E-state index contributed by atoms with van der Waals surface area (Å²) in [7, 11) is 0. The topological polar surface area (TPSA) is 32.6 Å². The van der Waals surface area contributed by atoms with Crippen LogP contribution in [0, 0.1) is 0 Å². The standard InChI is InChI=1S/C8H15NO/c1-5-8(7(4)10)9-6(2)3/h10H,5H2,1-4H3/b8-7-. The molecule has 10 heavy (non-hydrogen) atoms. The second-order valence-corrected chi connectivity index (χ2v) is 2.44. The number of allylic oxidation sites excluding steroid dienone is 2. The van der Waals surface area contributed by atoms with Crippen LogP contribution in [0.2, 0.25) is 0 Å². The average molecular weight is 141 g/mol. The van der Waals surface area contributed by atoms with E-state index in [0.29, 0.717) is 5.76 Å². The molecular weight excluding hydrogens is 126 g/mol. The molecule has 0 bridgehead atoms. The molecule has 0 radical (unpaired) electrons. The number of aliphatic hydroxyl groups excluding tert-OH is 1. The van der Waals surface area contributed by atoms with E-state index >= 15 is 0 Å². The van der Waals surface area contributed by atoms with E-state index in [-0.39, 0.29) is 0 Å². The van der Waals surface area contributed by atoms with Gasteiger partial charge in [0.15, 0.2) is 0 Å². The Hall–Kier alpha value is -0.790. The predicted octanol–water partition coefficient (Wildman–Crippen LogP) is 2.67. The molecule has 0 saturated carbocycles. The van der Waals surface area contributed by atoms with Crippen LogP contribution in [-0.4, -0.2) is 10.8 Å². The zero-order valence-corrected chi connectivity index (χ0v) is 7.10. The third-order valence-electron chi connectivity index (χ3n) is 1.11. The lowest BCUT2D eigenvalue weighted by Gasteiger charge is -1.98. The van der Waals surface area contributed by atoms with Gasteiger partial charge in [0.1, 0.15) is 5.76 Å². The molecular formula is C8H15NO. The molecule has 0 rings (SSSR count). The molecule has 0 aliphatic heterocycles. The van der Waals surface area contributed by atoms with Gasteiger partial charge in [0.2, 0.25) is 0 Å². The van der Waals surface area contributed by atoms with E-state index < -0.39 is 0 Å². The Morgan fingerprint density at radius 2 is 1.80 bits per heavy atom. The highest BCUT2D eigenvalue weighted by atomic mass is 16.3. The third-order valence-corrected chi connectivity index (χ3v) is 1.11. The molecule has 0 aliphatic rings. The summed E-state index contributed by atoms with van der Waals surface area (Å²) in [6.07, 6.45) is 0.785. The molecule has 0 aromatic carbocycles. The fourth-order valence-electron chi connectivity index (χ4n) is 0.686. The molecule has 0 unspecified atom stereocenters. The molecule has 0 aromatic rings. The summed E-state index contributed by atoms with van der Waals surface area (Å²) >= 11 is 0. The van der Waals surface area contributed by atoms with Gasteiger partial charge in [0, 0.05) is 5.71 Å². The molecule has 2 heteroatoms. The number of aliphatic imine (C=N–C) groups is 1. The van der Waals surface area contributed by atoms with Crippen LogP contribution in [0.15, 0.2) is 16.4 Å². The summed E-state index contributed by atoms with van der Waals surface area (Å²) in [4.78, 5) is 4.14. The molecule has 1 N–H and O–H groups in total. The Morgan fingerprint density at radius 1 is 1.30 bits per heavy atom. The lowest BCUT2D eigenvalue weighted by molar-refractivity contribution is 0.404. The van der Waals surface area contributed by atoms with Crippen LogP contribution in [0.1, 0.15) is 34.1 Å². The lowest BCUT2D eigenvalue weighted by atomic mass is 10.3. The van der Waals surface area contributed by atoms with Crippen molar-refractivity contribution in [1.29, 1.82) is 0 Å². The van der Waals surface area contributed by atoms with Gasteiger partial charge in [0.25, 0.3) is 0 Å². The average Bonchev–Trinajstić information content (AvgIpc) is 1.81. The van der Waals surface area contributed by atoms with Crippen molar-refractivity contribution in [2.24, 2.45) is 4.99 Å². The van der Waals surface area contributed by atoms with Gasteiger partial charge < -0.3 is 5.11 Å². The smallest absolute Gasteiger partial charge is 0.111 e. The fourth-order valence-corrected chi connectivity index (χ4v) is 0.686. The van der Waals surface area contributed by atoms with Crippen molar-refractivity contribution in [1.82, 2.24) is 0 Å². The SMILES string of the molecule is CC/C(N=C(C)C)=C(\C)O. The minimum absolute atomic E-state index is 0.323. The quantitative estimate of drug-likeness (QED) is 0.465. The summed E-state index contributed by atoms with van der Waals surface area (Å²) in [5.41, 5.74) is 1.75. The minimum atomic E-state index is 0.323. The maximum absolute atomic E-state index is 9.03. The lowest BCUT2D eigenvalue weighted by Crippen LogP contribution is -1.87. The molecule has 0 aliphatic carbocycles. The van der Waals surface area contributed by atoms with Gasteiger partial charge in [-0.05, 0) is 27.2 Å². The number of rotatable bonds is 2. The van der Waals surface area contributed by atoms with E-state index in [1.807, 2.05) is 20.8 Å². The number of hydrogen-bond acceptors (Lipinski definition) is 2. The van der Waals surface area contributed by atoms with Crippen molar-refractivity contribution in [3.8, 4) is 0 Å². The van der Waals surface area contributed by atoms with Crippen LogP contribution >= 0.6 is 0 Å². The highest BCUT2D eigenvalue weighted by Gasteiger charge is 1.94. The highest BCUT2D eigenvalue weighted by molar-refractivity contribution is 5.80. The first-order chi connectivity index (χ1) is 4.57. The fraction of sp³-hybridized carbons (Fsp3) is 0.625. The molecule has 2 nitrogen and oxygen atoms in total. The second kappa shape index (κ2) is 4.09. The van der Waals surface area contributed by atoms with Crippen molar-refractivity contribution < 1.29 is 5.11 Å². The Labute approximate surface area is 62.3 Å². The Balaban J connectivity index is 4.40. The summed E-state index contributed by atoms with van der Waals surface area (Å²) in [6, 6.07) is 0. The third kappa shape index (κ3) is 3.28. The van der Waals surface area contributed by atoms with Gasteiger partial charge in [0.05, 0.1) is 5.70 Å². The molecule has 0 fully saturated rings. The normalized spacial score (nSPS) is 12.4. The van der Waals surface area contributed by atoms with Crippen molar-refractivity contribution in [3.63, 3.8) is 0 Å². The van der Waals surface area contributed by atoms with E-state index in [1.165, 1.54) is 0 Å². The maximum Gasteiger partial charge on any atom is 0.111 e. The number of nitrogens with zero attached hydrogens (tertiary/aromatic N) is 1. The maximum atomic E-state index is 9.03. The van der Waals surface area contributed by atoms with Gasteiger partial charge in [-0.25, -0.2) is 0 Å². The monoisotopic (exact) mass is 141 g/mol. The zero-order valence-electron chi connectivity index (χ0n) is 7.10. The second-order valence-electron chi connectivity index (χ2n) is 2.44. The number of hydrogen-bond donors (Lipinski definition) is 1. The van der Waals surface area contributed by atoms with Crippen LogP contribution in [0.25, 0.3) is 0 Å². The summed E-state index contributed by atoms with van der Waals surface area (Å²) < 4.78 is 0. The van der Waals surface area contributed by atoms with Crippen LogP contribution in [0.4, 0.5) is 0 Å². The van der Waals surface area contributed by atoms with Gasteiger partial charge >= 0.3 is 0 Å². The molecule has 0 spiro atoms. The minimum Gasteiger partial charge on any atom is -0.511 e. The van der Waals surface area contributed by atoms with Crippen molar-refractivity contribution in [2.75, 3.05) is 0 Å². The van der Waals surface area contributed by atoms with Crippen molar-refractivity contribution in [2.45, 2.75) is 34.1 Å². The molecule has 58 valence electrons. The first-order valence-corrected chi connectivity index (χ1v) is 3.48. The Morgan fingerprint density at radius 3 is 1.90 bits per heavy atom. The van der Waals surface area contributed by atoms with Gasteiger partial charge in [-0.1, -0.05) is 6.92 Å². The van der Waals surface area contributed by atoms with E-state index in [1.54, 1.807) is 6.92 Å². The number of aliphatic hydroxyl groups is 1. The van der Waals surface area contributed by atoms with Crippen LogP contribution < -0.4 is 0 Å². The van der Waals surface area contributed by atoms with Crippen LogP contribution in [0.5, 0.6) is 0 Å². The summed E-state index contributed by atoms with van der Waals surface area (Å²) in [6.45, 7) is 7.46. The van der Waals surface area contributed by atoms with Gasteiger partial charge in [-0.15, -0.1) is 0 Å². The van der Waals surface area contributed by atoms with E-state index in [0.717, 1.165) is 17.8 Å². The molecule has 0 amide bonds. The van der Waals surface area contributed by atoms with Crippen LogP contribution in [-0.2, 0) is 0 Å². The molecule has 0 aromatic heterocycles. The first-order valence-electron chi connectivity index (χ1n) is 3.48. The first kappa shape index (κ1) is 9.21. The van der Waals surface area contributed by atoms with Crippen molar-refractivity contribution in [3.05, 3.63) is 11.5 Å². The van der Waals surface area contributed by atoms with E-state index in [2.05, 4.69) is 4.99 Å². The molecule has 0 heterocycles. The zero-order chi connectivity index (χ0) is 8.15. The Bertz CT molecular complexity index is 160. The van der Waals surface area contributed by atoms with E-state index in [4.69, 9.17) is 5.11 Å². The van der Waals surface area contributed by atoms with Crippen LogP contribution in [0.3, 0.4) is 0 Å². The van der Waals surface area contributed by atoms with E-state index in [9.17, 15) is 0 Å². The summed E-state index contributed by atoms with van der Waals surface area (Å²) in [5.74, 6) is 0.323. The largest absolute Gasteiger partial charge is 0.511 e. The van der Waals surface area contributed by atoms with Gasteiger partial charge in [-0.2, -0.15) is 0 Å². The van der Waals surface area contributed by atoms with Gasteiger partial charge in [-0.3, -0.25) is 4.99 Å².